The van der Waals surface area contributed by atoms with Gasteiger partial charge in [0.25, 0.3) is 0 Å². The van der Waals surface area contributed by atoms with E-state index < -0.39 is 0 Å². The summed E-state index contributed by atoms with van der Waals surface area (Å²) in [6.45, 7) is 4.52. The molecule has 0 unspecified atom stereocenters. The Labute approximate surface area is 116 Å². The molecule has 0 aliphatic rings. The van der Waals surface area contributed by atoms with E-state index in [1.807, 2.05) is 19.9 Å². The highest BCUT2D eigenvalue weighted by Gasteiger charge is 2.16. The van der Waals surface area contributed by atoms with Crippen LogP contribution in [0.4, 0.5) is 0 Å². The lowest BCUT2D eigenvalue weighted by molar-refractivity contribution is 0.00544. The molecule has 0 fully saturated rings. The van der Waals surface area contributed by atoms with Crippen LogP contribution in [0.2, 0.25) is 0 Å². The third kappa shape index (κ3) is 4.31. The molecule has 100 valence electrons. The molecule has 0 radical (unpaired) electrons. The summed E-state index contributed by atoms with van der Waals surface area (Å²) in [5.74, 6) is 0.620. The lowest BCUT2D eigenvalue weighted by Gasteiger charge is -2.23. The van der Waals surface area contributed by atoms with Crippen LogP contribution in [0.1, 0.15) is 25.8 Å². The van der Waals surface area contributed by atoms with Gasteiger partial charge in [0, 0.05) is 18.0 Å². The number of rotatable bonds is 6. The van der Waals surface area contributed by atoms with Gasteiger partial charge in [-0.1, -0.05) is 15.9 Å². The zero-order valence-corrected chi connectivity index (χ0v) is 12.5. The predicted molar refractivity (Wildman–Crippen MR) is 76.4 cm³/mol. The van der Waals surface area contributed by atoms with Crippen molar-refractivity contribution in [1.29, 1.82) is 5.41 Å². The molecule has 5 heteroatoms. The predicted octanol–water partition coefficient (Wildman–Crippen LogP) is 2.93. The van der Waals surface area contributed by atoms with Gasteiger partial charge in [-0.3, -0.25) is 5.41 Å². The molecular weight excluding hydrogens is 296 g/mol. The summed E-state index contributed by atoms with van der Waals surface area (Å²) in [4.78, 5) is 0. The molecule has 0 saturated heterocycles. The second kappa shape index (κ2) is 6.20. The van der Waals surface area contributed by atoms with Crippen molar-refractivity contribution in [2.75, 3.05) is 13.7 Å². The van der Waals surface area contributed by atoms with E-state index >= 15 is 0 Å². The highest BCUT2D eigenvalue weighted by molar-refractivity contribution is 9.10. The van der Waals surface area contributed by atoms with Gasteiger partial charge in [-0.2, -0.15) is 0 Å². The molecule has 0 aliphatic heterocycles. The monoisotopic (exact) mass is 314 g/mol. The maximum absolute atomic E-state index is 7.52. The SMILES string of the molecule is COC(C)(C)CCOc1ccc(Br)cc1C(=N)N. The van der Waals surface area contributed by atoms with Gasteiger partial charge in [0.05, 0.1) is 17.8 Å². The summed E-state index contributed by atoms with van der Waals surface area (Å²) in [6, 6.07) is 5.45. The first-order valence-corrected chi connectivity index (χ1v) is 6.47. The molecule has 0 amide bonds. The molecular formula is C13H19BrN2O2. The molecule has 0 aromatic heterocycles. The summed E-state index contributed by atoms with van der Waals surface area (Å²) in [5, 5.41) is 7.52. The van der Waals surface area contributed by atoms with Crippen molar-refractivity contribution in [2.45, 2.75) is 25.9 Å². The van der Waals surface area contributed by atoms with Gasteiger partial charge in [-0.15, -0.1) is 0 Å². The number of amidine groups is 1. The molecule has 18 heavy (non-hydrogen) atoms. The summed E-state index contributed by atoms with van der Waals surface area (Å²) in [6.07, 6.45) is 0.761. The molecule has 4 nitrogen and oxygen atoms in total. The van der Waals surface area contributed by atoms with Crippen molar-refractivity contribution in [2.24, 2.45) is 5.73 Å². The largest absolute Gasteiger partial charge is 0.493 e. The van der Waals surface area contributed by atoms with E-state index in [2.05, 4.69) is 15.9 Å². The maximum Gasteiger partial charge on any atom is 0.130 e. The Hall–Kier alpha value is -1.07. The highest BCUT2D eigenvalue weighted by Crippen LogP contribution is 2.23. The number of methoxy groups -OCH3 is 1. The zero-order chi connectivity index (χ0) is 13.8. The Bertz CT molecular complexity index is 433. The minimum absolute atomic E-state index is 0.00250. The fourth-order valence-corrected chi connectivity index (χ4v) is 1.71. The molecule has 0 saturated carbocycles. The number of hydrogen-bond acceptors (Lipinski definition) is 3. The molecule has 0 atom stereocenters. The average molecular weight is 315 g/mol. The smallest absolute Gasteiger partial charge is 0.130 e. The number of nitrogen functional groups attached to an aromatic ring is 1. The second-order valence-corrected chi connectivity index (χ2v) is 5.53. The van der Waals surface area contributed by atoms with Crippen LogP contribution in [0.5, 0.6) is 5.75 Å². The molecule has 3 N–H and O–H groups in total. The fourth-order valence-electron chi connectivity index (χ4n) is 1.35. The van der Waals surface area contributed by atoms with Crippen molar-refractivity contribution in [3.05, 3.63) is 28.2 Å². The Kier molecular flexibility index (Phi) is 5.16. The van der Waals surface area contributed by atoms with Crippen molar-refractivity contribution >= 4 is 21.8 Å². The molecule has 0 bridgehead atoms. The maximum atomic E-state index is 7.52. The van der Waals surface area contributed by atoms with E-state index in [1.54, 1.807) is 19.2 Å². The topological polar surface area (TPSA) is 68.3 Å². The third-order valence-corrected chi connectivity index (χ3v) is 3.24. The minimum atomic E-state index is -0.217. The number of nitrogens with two attached hydrogens (primary N) is 1. The Morgan fingerprint density at radius 3 is 2.67 bits per heavy atom. The summed E-state index contributed by atoms with van der Waals surface area (Å²) in [5.41, 5.74) is 5.91. The number of hydrogen-bond donors (Lipinski definition) is 2. The van der Waals surface area contributed by atoms with Crippen molar-refractivity contribution in [3.63, 3.8) is 0 Å². The Morgan fingerprint density at radius 1 is 1.44 bits per heavy atom. The molecule has 0 heterocycles. The van der Waals surface area contributed by atoms with Crippen LogP contribution in [-0.2, 0) is 4.74 Å². The van der Waals surface area contributed by atoms with Gasteiger partial charge in [0.15, 0.2) is 0 Å². The van der Waals surface area contributed by atoms with Gasteiger partial charge in [-0.05, 0) is 32.0 Å². The van der Waals surface area contributed by atoms with E-state index in [0.717, 1.165) is 10.9 Å². The van der Waals surface area contributed by atoms with Crippen LogP contribution >= 0.6 is 15.9 Å². The Morgan fingerprint density at radius 2 is 2.11 bits per heavy atom. The third-order valence-electron chi connectivity index (χ3n) is 2.75. The van der Waals surface area contributed by atoms with E-state index in [-0.39, 0.29) is 11.4 Å². The first kappa shape index (κ1) is 15.0. The van der Waals surface area contributed by atoms with Crippen LogP contribution in [-0.4, -0.2) is 25.2 Å². The van der Waals surface area contributed by atoms with Gasteiger partial charge < -0.3 is 15.2 Å². The lowest BCUT2D eigenvalue weighted by Crippen LogP contribution is -2.25. The minimum Gasteiger partial charge on any atom is -0.493 e. The molecule has 0 spiro atoms. The molecule has 1 aromatic rings. The molecule has 0 aliphatic carbocycles. The van der Waals surface area contributed by atoms with Crippen LogP contribution in [0.3, 0.4) is 0 Å². The molecule has 1 rings (SSSR count). The van der Waals surface area contributed by atoms with Gasteiger partial charge in [-0.25, -0.2) is 0 Å². The normalized spacial score (nSPS) is 11.3. The van der Waals surface area contributed by atoms with Crippen molar-refractivity contribution < 1.29 is 9.47 Å². The number of halogens is 1. The first-order chi connectivity index (χ1) is 8.35. The highest BCUT2D eigenvalue weighted by atomic mass is 79.9. The van der Waals surface area contributed by atoms with Crippen LogP contribution < -0.4 is 10.5 Å². The van der Waals surface area contributed by atoms with Gasteiger partial charge in [0.2, 0.25) is 0 Å². The van der Waals surface area contributed by atoms with Gasteiger partial charge in [0.1, 0.15) is 11.6 Å². The average Bonchev–Trinajstić information content (AvgIpc) is 2.30. The summed E-state index contributed by atoms with van der Waals surface area (Å²) >= 11 is 3.35. The summed E-state index contributed by atoms with van der Waals surface area (Å²) in [7, 11) is 1.68. The van der Waals surface area contributed by atoms with E-state index in [4.69, 9.17) is 20.6 Å². The lowest BCUT2D eigenvalue weighted by atomic mass is 10.1. The van der Waals surface area contributed by atoms with Crippen molar-refractivity contribution in [3.8, 4) is 5.75 Å². The summed E-state index contributed by atoms with van der Waals surface area (Å²) < 4.78 is 11.9. The zero-order valence-electron chi connectivity index (χ0n) is 10.9. The van der Waals surface area contributed by atoms with Crippen LogP contribution in [0, 0.1) is 5.41 Å². The van der Waals surface area contributed by atoms with Gasteiger partial charge >= 0.3 is 0 Å². The van der Waals surface area contributed by atoms with E-state index in [9.17, 15) is 0 Å². The first-order valence-electron chi connectivity index (χ1n) is 5.67. The van der Waals surface area contributed by atoms with E-state index in [1.165, 1.54) is 0 Å². The quantitative estimate of drug-likeness (QED) is 0.626. The molecule has 1 aromatic carbocycles. The number of ether oxygens (including phenoxy) is 2. The standard InChI is InChI=1S/C13H19BrN2O2/c1-13(2,17-3)6-7-18-11-5-4-9(14)8-10(11)12(15)16/h4-5,8H,6-7H2,1-3H3,(H3,15,16). The van der Waals surface area contributed by atoms with Crippen LogP contribution in [0.25, 0.3) is 0 Å². The fraction of sp³-hybridized carbons (Fsp3) is 0.462. The Balaban J connectivity index is 2.70. The number of nitrogens with one attached hydrogen (secondary N) is 1. The van der Waals surface area contributed by atoms with Crippen molar-refractivity contribution in [1.82, 2.24) is 0 Å². The van der Waals surface area contributed by atoms with Crippen LogP contribution in [0.15, 0.2) is 22.7 Å². The number of benzene rings is 1. The second-order valence-electron chi connectivity index (χ2n) is 4.62. The van der Waals surface area contributed by atoms with E-state index in [0.29, 0.717) is 17.9 Å².